The molecule has 4 nitrogen and oxygen atoms in total. The number of hydrogen-bond acceptors (Lipinski definition) is 3. The average molecular weight is 829 g/mol. The number of fused-ring (bicyclic) bond motifs is 16. The van der Waals surface area contributed by atoms with Crippen molar-refractivity contribution < 1.29 is 0 Å². The molecule has 0 atom stereocenters. The zero-order valence-corrected chi connectivity index (χ0v) is 35.9. The van der Waals surface area contributed by atoms with Crippen molar-refractivity contribution in [2.75, 3.05) is 0 Å². The van der Waals surface area contributed by atoms with E-state index in [1.54, 1.807) is 0 Å². The van der Waals surface area contributed by atoms with E-state index in [1.807, 2.05) is 18.2 Å². The first kappa shape index (κ1) is 36.3. The van der Waals surface area contributed by atoms with Crippen molar-refractivity contribution in [2.45, 2.75) is 24.7 Å². The van der Waals surface area contributed by atoms with Gasteiger partial charge in [0, 0.05) is 38.6 Å². The molecule has 9 aromatic carbocycles. The molecule has 3 aliphatic carbocycles. The van der Waals surface area contributed by atoms with Crippen molar-refractivity contribution in [3.05, 3.63) is 240 Å². The molecule has 304 valence electrons. The fourth-order valence-corrected chi connectivity index (χ4v) is 11.9. The lowest BCUT2D eigenvalue weighted by Crippen LogP contribution is -2.25. The highest BCUT2D eigenvalue weighted by atomic mass is 15.0. The Morgan fingerprint density at radius 2 is 0.862 bits per heavy atom. The van der Waals surface area contributed by atoms with E-state index in [0.29, 0.717) is 17.5 Å². The summed E-state index contributed by atoms with van der Waals surface area (Å²) in [6.45, 7) is 4.71. The van der Waals surface area contributed by atoms with Gasteiger partial charge < -0.3 is 4.57 Å². The monoisotopic (exact) mass is 828 g/mol. The van der Waals surface area contributed by atoms with Crippen LogP contribution in [0.4, 0.5) is 0 Å². The van der Waals surface area contributed by atoms with Crippen LogP contribution in [-0.2, 0) is 10.8 Å². The van der Waals surface area contributed by atoms with E-state index < -0.39 is 5.41 Å². The molecule has 0 saturated heterocycles. The first-order valence-corrected chi connectivity index (χ1v) is 22.5. The third-order valence-electron chi connectivity index (χ3n) is 14.7. The summed E-state index contributed by atoms with van der Waals surface area (Å²) in [6.07, 6.45) is 0. The lowest BCUT2D eigenvalue weighted by molar-refractivity contribution is 0.661. The van der Waals surface area contributed by atoms with E-state index in [9.17, 15) is 0 Å². The third kappa shape index (κ3) is 4.83. The molecular weight excluding hydrogens is 789 g/mol. The maximum absolute atomic E-state index is 5.46. The van der Waals surface area contributed by atoms with Gasteiger partial charge in [-0.3, -0.25) is 0 Å². The standard InChI is InChI=1S/C61H40N4/c1-60(2)48-28-11-6-24-42(48)46-35-47-43-25-10-15-33-54(43)65(55(47)36-53(46)60)39-21-16-20-38(34-39)58-62-57(37-18-4-3-5-19-37)63-59(64-58)45-27-17-32-52-56(45)44-26-9-14-31-51(44)61(52)49-29-12-7-22-40(49)41-23-8-13-30-50(41)61/h3-36H,1-2H3. The van der Waals surface area contributed by atoms with Gasteiger partial charge in [0.2, 0.25) is 0 Å². The van der Waals surface area contributed by atoms with E-state index in [-0.39, 0.29) is 5.41 Å². The minimum atomic E-state index is -0.470. The van der Waals surface area contributed by atoms with E-state index in [0.717, 1.165) is 22.4 Å². The van der Waals surface area contributed by atoms with Gasteiger partial charge in [-0.15, -0.1) is 0 Å². The van der Waals surface area contributed by atoms with Crippen molar-refractivity contribution >= 4 is 21.8 Å². The fourth-order valence-electron chi connectivity index (χ4n) is 11.9. The molecular formula is C61H40N4. The van der Waals surface area contributed by atoms with Crippen LogP contribution in [-0.4, -0.2) is 19.5 Å². The second kappa shape index (κ2) is 13.2. The number of nitrogens with zero attached hydrogens (tertiary/aromatic N) is 4. The molecule has 2 heterocycles. The zero-order chi connectivity index (χ0) is 43.0. The van der Waals surface area contributed by atoms with Crippen LogP contribution < -0.4 is 0 Å². The minimum Gasteiger partial charge on any atom is -0.309 e. The molecule has 3 aliphatic rings. The molecule has 2 aromatic heterocycles. The summed E-state index contributed by atoms with van der Waals surface area (Å²) in [7, 11) is 0. The first-order chi connectivity index (χ1) is 32.0. The maximum atomic E-state index is 5.46. The molecule has 4 heteroatoms. The predicted octanol–water partition coefficient (Wildman–Crippen LogP) is 14.6. The van der Waals surface area contributed by atoms with Gasteiger partial charge in [0.05, 0.1) is 16.4 Å². The Morgan fingerprint density at radius 3 is 1.60 bits per heavy atom. The third-order valence-corrected chi connectivity index (χ3v) is 14.7. The Kier molecular flexibility index (Phi) is 7.35. The van der Waals surface area contributed by atoms with Crippen LogP contribution in [0.3, 0.4) is 0 Å². The summed E-state index contributed by atoms with van der Waals surface area (Å²) < 4.78 is 2.42. The van der Waals surface area contributed by atoms with E-state index in [2.05, 4.69) is 206 Å². The average Bonchev–Trinajstić information content (AvgIpc) is 4.04. The van der Waals surface area contributed by atoms with Gasteiger partial charge >= 0.3 is 0 Å². The summed E-state index contributed by atoms with van der Waals surface area (Å²) in [5, 5.41) is 2.48. The summed E-state index contributed by atoms with van der Waals surface area (Å²) in [5.74, 6) is 1.92. The van der Waals surface area contributed by atoms with Gasteiger partial charge in [-0.25, -0.2) is 15.0 Å². The summed E-state index contributed by atoms with van der Waals surface area (Å²) in [5.41, 5.74) is 21.1. The molecule has 1 spiro atoms. The molecule has 0 amide bonds. The molecule has 65 heavy (non-hydrogen) atoms. The lowest BCUT2D eigenvalue weighted by Gasteiger charge is -2.30. The maximum Gasteiger partial charge on any atom is 0.164 e. The molecule has 0 saturated carbocycles. The predicted molar refractivity (Wildman–Crippen MR) is 264 cm³/mol. The largest absolute Gasteiger partial charge is 0.309 e. The van der Waals surface area contributed by atoms with Gasteiger partial charge in [-0.1, -0.05) is 190 Å². The van der Waals surface area contributed by atoms with Gasteiger partial charge in [-0.05, 0) is 97.1 Å². The van der Waals surface area contributed by atoms with Crippen LogP contribution in [0.25, 0.3) is 95.0 Å². The normalized spacial score (nSPS) is 14.2. The SMILES string of the molecule is CC1(C)c2ccccc2-c2cc3c4ccccc4n(-c4cccc(-c5nc(-c6ccccc6)nc(-c6cccc7c6-c6ccccc6C76c7ccccc7-c7ccccc76)n5)c4)c3cc21. The van der Waals surface area contributed by atoms with Crippen LogP contribution >= 0.6 is 0 Å². The van der Waals surface area contributed by atoms with Crippen molar-refractivity contribution in [3.8, 4) is 73.2 Å². The Morgan fingerprint density at radius 1 is 0.338 bits per heavy atom. The Balaban J connectivity index is 0.985. The Labute approximate surface area is 377 Å². The molecule has 0 fully saturated rings. The van der Waals surface area contributed by atoms with Crippen molar-refractivity contribution in [3.63, 3.8) is 0 Å². The first-order valence-electron chi connectivity index (χ1n) is 22.5. The second-order valence-electron chi connectivity index (χ2n) is 18.3. The smallest absolute Gasteiger partial charge is 0.164 e. The van der Waals surface area contributed by atoms with Crippen LogP contribution in [0, 0.1) is 0 Å². The Hall–Kier alpha value is -8.21. The van der Waals surface area contributed by atoms with Crippen molar-refractivity contribution in [2.24, 2.45) is 0 Å². The van der Waals surface area contributed by atoms with Crippen LogP contribution in [0.1, 0.15) is 47.2 Å². The molecule has 0 bridgehead atoms. The van der Waals surface area contributed by atoms with Gasteiger partial charge in [-0.2, -0.15) is 0 Å². The number of aromatic nitrogens is 4. The molecule has 0 radical (unpaired) electrons. The highest BCUT2D eigenvalue weighted by Crippen LogP contribution is 2.64. The zero-order valence-electron chi connectivity index (χ0n) is 35.9. The summed E-state index contributed by atoms with van der Waals surface area (Å²) in [6, 6.07) is 75.1. The van der Waals surface area contributed by atoms with E-state index in [4.69, 9.17) is 15.0 Å². The Bertz CT molecular complexity index is 3770. The van der Waals surface area contributed by atoms with Gasteiger partial charge in [0.1, 0.15) is 0 Å². The number of benzene rings is 9. The summed E-state index contributed by atoms with van der Waals surface area (Å²) in [4.78, 5) is 16.1. The highest BCUT2D eigenvalue weighted by Gasteiger charge is 2.52. The fraction of sp³-hybridized carbons (Fsp3) is 0.0656. The quantitative estimate of drug-likeness (QED) is 0.177. The van der Waals surface area contributed by atoms with Crippen LogP contribution in [0.2, 0.25) is 0 Å². The molecule has 0 N–H and O–H groups in total. The lowest BCUT2D eigenvalue weighted by atomic mass is 9.70. The molecule has 11 aromatic rings. The van der Waals surface area contributed by atoms with Crippen LogP contribution in [0.15, 0.2) is 206 Å². The second-order valence-corrected chi connectivity index (χ2v) is 18.3. The van der Waals surface area contributed by atoms with E-state index >= 15 is 0 Å². The molecule has 0 aliphatic heterocycles. The molecule has 0 unspecified atom stereocenters. The van der Waals surface area contributed by atoms with Gasteiger partial charge in [0.15, 0.2) is 17.5 Å². The number of para-hydroxylation sites is 1. The number of hydrogen-bond donors (Lipinski definition) is 0. The topological polar surface area (TPSA) is 43.6 Å². The molecule has 14 rings (SSSR count). The van der Waals surface area contributed by atoms with Crippen molar-refractivity contribution in [1.82, 2.24) is 19.5 Å². The van der Waals surface area contributed by atoms with Gasteiger partial charge in [0.25, 0.3) is 0 Å². The van der Waals surface area contributed by atoms with Crippen molar-refractivity contribution in [1.29, 1.82) is 0 Å². The highest BCUT2D eigenvalue weighted by molar-refractivity contribution is 6.12. The number of rotatable bonds is 4. The van der Waals surface area contributed by atoms with Crippen LogP contribution in [0.5, 0.6) is 0 Å². The summed E-state index contributed by atoms with van der Waals surface area (Å²) >= 11 is 0. The minimum absolute atomic E-state index is 0.124. The van der Waals surface area contributed by atoms with E-state index in [1.165, 1.54) is 88.6 Å².